The van der Waals surface area contributed by atoms with Crippen LogP contribution < -0.4 is 14.2 Å². The van der Waals surface area contributed by atoms with Crippen LogP contribution in [-0.4, -0.2) is 42.5 Å². The fraction of sp³-hybridized carbons (Fsp3) is 0.360. The van der Waals surface area contributed by atoms with Gasteiger partial charge in [-0.15, -0.1) is 0 Å². The summed E-state index contributed by atoms with van der Waals surface area (Å²) in [4.78, 5) is 14.4. The summed E-state index contributed by atoms with van der Waals surface area (Å²) >= 11 is 6.51. The van der Waals surface area contributed by atoms with Gasteiger partial charge in [0.05, 0.1) is 25.2 Å². The van der Waals surface area contributed by atoms with Crippen LogP contribution in [0.25, 0.3) is 6.08 Å². The van der Waals surface area contributed by atoms with Gasteiger partial charge in [0.15, 0.2) is 11.5 Å². The summed E-state index contributed by atoms with van der Waals surface area (Å²) in [6.45, 7) is 7.39. The highest BCUT2D eigenvalue weighted by atomic mass is 32.2. The van der Waals surface area contributed by atoms with Crippen molar-refractivity contribution in [2.45, 2.75) is 33.1 Å². The van der Waals surface area contributed by atoms with Crippen molar-refractivity contribution in [2.75, 3.05) is 27.4 Å². The largest absolute Gasteiger partial charge is 0.493 e. The van der Waals surface area contributed by atoms with Crippen molar-refractivity contribution in [1.29, 1.82) is 0 Å². The molecule has 1 heterocycles. The lowest BCUT2D eigenvalue weighted by Crippen LogP contribution is -2.22. The Morgan fingerprint density at radius 1 is 1.12 bits per heavy atom. The van der Waals surface area contributed by atoms with Gasteiger partial charge in [-0.1, -0.05) is 62.1 Å². The fourth-order valence-electron chi connectivity index (χ4n) is 3.31. The molecule has 0 aromatic heterocycles. The van der Waals surface area contributed by atoms with Crippen LogP contribution in [-0.2, 0) is 4.79 Å². The molecule has 0 spiro atoms. The maximum absolute atomic E-state index is 12.4. The molecule has 1 fully saturated rings. The zero-order chi connectivity index (χ0) is 23.3. The molecule has 1 saturated heterocycles. The second-order valence-electron chi connectivity index (χ2n) is 7.87. The molecule has 0 unspecified atom stereocenters. The number of amides is 1. The maximum Gasteiger partial charge on any atom is 0.265 e. The van der Waals surface area contributed by atoms with E-state index in [1.165, 1.54) is 27.8 Å². The third-order valence-corrected chi connectivity index (χ3v) is 6.57. The van der Waals surface area contributed by atoms with Crippen LogP contribution in [0.5, 0.6) is 17.2 Å². The predicted molar refractivity (Wildman–Crippen MR) is 135 cm³/mol. The number of methoxy groups -OCH3 is 1. The molecule has 1 amide bonds. The lowest BCUT2D eigenvalue weighted by molar-refractivity contribution is -0.121. The first-order chi connectivity index (χ1) is 15.3. The summed E-state index contributed by atoms with van der Waals surface area (Å²) < 4.78 is 18.2. The lowest BCUT2D eigenvalue weighted by atomic mass is 10.0. The molecule has 1 aliphatic rings. The van der Waals surface area contributed by atoms with Gasteiger partial charge in [0, 0.05) is 19.0 Å². The number of ether oxygens (including phenoxy) is 3. The predicted octanol–water partition coefficient (Wildman–Crippen LogP) is 5.81. The molecule has 2 aromatic carbocycles. The van der Waals surface area contributed by atoms with E-state index in [9.17, 15) is 4.79 Å². The smallest absolute Gasteiger partial charge is 0.265 e. The van der Waals surface area contributed by atoms with E-state index < -0.39 is 0 Å². The van der Waals surface area contributed by atoms with E-state index in [1.807, 2.05) is 18.2 Å². The molecule has 0 saturated carbocycles. The van der Waals surface area contributed by atoms with Crippen LogP contribution in [0.2, 0.25) is 0 Å². The van der Waals surface area contributed by atoms with Gasteiger partial charge in [0.2, 0.25) is 0 Å². The van der Waals surface area contributed by atoms with Crippen LogP contribution in [0, 0.1) is 6.92 Å². The Bertz CT molecular complexity index is 1030. The van der Waals surface area contributed by atoms with Crippen molar-refractivity contribution >= 4 is 40.3 Å². The first-order valence-electron chi connectivity index (χ1n) is 10.6. The number of rotatable bonds is 9. The van der Waals surface area contributed by atoms with E-state index in [1.54, 1.807) is 20.2 Å². The van der Waals surface area contributed by atoms with E-state index in [2.05, 4.69) is 39.0 Å². The van der Waals surface area contributed by atoms with Gasteiger partial charge in [-0.3, -0.25) is 9.69 Å². The Morgan fingerprint density at radius 2 is 1.88 bits per heavy atom. The molecule has 3 rings (SSSR count). The Hall–Kier alpha value is -2.51. The lowest BCUT2D eigenvalue weighted by Gasteiger charge is -2.16. The molecule has 0 N–H and O–H groups in total. The summed E-state index contributed by atoms with van der Waals surface area (Å²) in [6.07, 6.45) is 2.51. The van der Waals surface area contributed by atoms with Crippen LogP contribution in [0.1, 0.15) is 42.9 Å². The number of para-hydroxylation sites is 1. The van der Waals surface area contributed by atoms with Gasteiger partial charge in [-0.2, -0.15) is 0 Å². The number of thioether (sulfide) groups is 1. The van der Waals surface area contributed by atoms with E-state index in [4.69, 9.17) is 26.4 Å². The number of hydrogen-bond acceptors (Lipinski definition) is 6. The highest BCUT2D eigenvalue weighted by molar-refractivity contribution is 8.26. The fourth-order valence-corrected chi connectivity index (χ4v) is 4.48. The number of aryl methyl sites for hydroxylation is 1. The third kappa shape index (κ3) is 5.64. The van der Waals surface area contributed by atoms with Crippen molar-refractivity contribution < 1.29 is 19.0 Å². The van der Waals surface area contributed by atoms with Gasteiger partial charge in [0.1, 0.15) is 10.1 Å². The Balaban J connectivity index is 1.66. The van der Waals surface area contributed by atoms with E-state index in [0.717, 1.165) is 11.3 Å². The molecule has 0 aliphatic carbocycles. The zero-order valence-corrected chi connectivity index (χ0v) is 20.8. The minimum absolute atomic E-state index is 0.110. The second kappa shape index (κ2) is 10.9. The molecule has 1 aliphatic heterocycles. The minimum Gasteiger partial charge on any atom is -0.493 e. The standard InChI is InChI=1S/C25H29NO4S2/c1-16(2)19-11-10-17(3)14-21(19)29-12-7-13-30-23-18(8-6-9-20(23)28-5)15-22-24(27)26(4)25(31)32-22/h6,8-11,14-16H,7,12-13H2,1-5H3/b22-15-. The van der Waals surface area contributed by atoms with Crippen LogP contribution in [0.4, 0.5) is 0 Å². The summed E-state index contributed by atoms with van der Waals surface area (Å²) in [5.41, 5.74) is 3.16. The second-order valence-corrected chi connectivity index (χ2v) is 9.54. The zero-order valence-electron chi connectivity index (χ0n) is 19.1. The first kappa shape index (κ1) is 24.1. The van der Waals surface area contributed by atoms with Crippen molar-refractivity contribution in [2.24, 2.45) is 0 Å². The molecule has 5 nitrogen and oxygen atoms in total. The minimum atomic E-state index is -0.110. The van der Waals surface area contributed by atoms with Gasteiger partial charge in [0.25, 0.3) is 5.91 Å². The molecule has 0 atom stereocenters. The molecule has 32 heavy (non-hydrogen) atoms. The number of carbonyl (C=O) groups excluding carboxylic acids is 1. The SMILES string of the molecule is COc1cccc(/C=C2\SC(=S)N(C)C2=O)c1OCCCOc1cc(C)ccc1C(C)C. The van der Waals surface area contributed by atoms with E-state index in [-0.39, 0.29) is 5.91 Å². The summed E-state index contributed by atoms with van der Waals surface area (Å²) in [6, 6.07) is 11.9. The Kier molecular flexibility index (Phi) is 8.21. The van der Waals surface area contributed by atoms with Crippen molar-refractivity contribution in [3.63, 3.8) is 0 Å². The van der Waals surface area contributed by atoms with E-state index in [0.29, 0.717) is 46.3 Å². The number of carbonyl (C=O) groups is 1. The van der Waals surface area contributed by atoms with Crippen LogP contribution in [0.3, 0.4) is 0 Å². The highest BCUT2D eigenvalue weighted by Crippen LogP contribution is 2.37. The van der Waals surface area contributed by atoms with E-state index >= 15 is 0 Å². The number of nitrogens with zero attached hydrogens (tertiary/aromatic N) is 1. The topological polar surface area (TPSA) is 48.0 Å². The molecule has 7 heteroatoms. The number of benzene rings is 2. The Labute approximate surface area is 199 Å². The van der Waals surface area contributed by atoms with Gasteiger partial charge in [-0.05, 0) is 42.2 Å². The number of likely N-dealkylation sites (N-methyl/N-ethyl adjacent to an activating group) is 1. The molecule has 170 valence electrons. The normalized spacial score (nSPS) is 15.1. The third-order valence-electron chi connectivity index (χ3n) is 5.09. The molecule has 2 aromatic rings. The van der Waals surface area contributed by atoms with Crippen molar-refractivity contribution in [1.82, 2.24) is 4.90 Å². The molecule has 0 radical (unpaired) electrons. The maximum atomic E-state index is 12.4. The first-order valence-corrected chi connectivity index (χ1v) is 11.8. The quantitative estimate of drug-likeness (QED) is 0.261. The van der Waals surface area contributed by atoms with Crippen molar-refractivity contribution in [3.8, 4) is 17.2 Å². The van der Waals surface area contributed by atoms with Crippen LogP contribution >= 0.6 is 24.0 Å². The Morgan fingerprint density at radius 3 is 2.53 bits per heavy atom. The monoisotopic (exact) mass is 471 g/mol. The van der Waals surface area contributed by atoms with Crippen molar-refractivity contribution in [3.05, 3.63) is 58.0 Å². The number of hydrogen-bond donors (Lipinski definition) is 0. The summed E-state index contributed by atoms with van der Waals surface area (Å²) in [5.74, 6) is 2.44. The molecular formula is C25H29NO4S2. The van der Waals surface area contributed by atoms with Gasteiger partial charge in [-0.25, -0.2) is 0 Å². The average molecular weight is 472 g/mol. The number of thiocarbonyl (C=S) groups is 1. The van der Waals surface area contributed by atoms with Gasteiger partial charge < -0.3 is 14.2 Å². The summed E-state index contributed by atoms with van der Waals surface area (Å²) in [7, 11) is 3.28. The van der Waals surface area contributed by atoms with Crippen LogP contribution in [0.15, 0.2) is 41.3 Å². The summed E-state index contributed by atoms with van der Waals surface area (Å²) in [5, 5.41) is 0. The van der Waals surface area contributed by atoms with Gasteiger partial charge >= 0.3 is 0 Å². The average Bonchev–Trinajstić information content (AvgIpc) is 3.00. The molecular weight excluding hydrogens is 442 g/mol. The molecule has 0 bridgehead atoms. The highest BCUT2D eigenvalue weighted by Gasteiger charge is 2.29.